The molecule has 0 aromatic rings. The van der Waals surface area contributed by atoms with E-state index >= 15 is 0 Å². The Kier molecular flexibility index (Phi) is 6.49. The van der Waals surface area contributed by atoms with E-state index in [0.29, 0.717) is 11.8 Å². The zero-order valence-corrected chi connectivity index (χ0v) is 15.2. The number of carbonyl (C=O) groups excluding carboxylic acids is 2. The number of ketones is 2. The molecule has 0 saturated carbocycles. The molecule has 0 aromatic carbocycles. The predicted molar refractivity (Wildman–Crippen MR) is 97.1 cm³/mol. The Bertz CT molecular complexity index is 551. The summed E-state index contributed by atoms with van der Waals surface area (Å²) in [5.41, 5.74) is 0.763. The molecule has 0 radical (unpaired) electrons. The van der Waals surface area contributed by atoms with Crippen molar-refractivity contribution in [3.8, 4) is 0 Å². The van der Waals surface area contributed by atoms with Crippen LogP contribution in [0.4, 0.5) is 0 Å². The minimum Gasteiger partial charge on any atom is -0.385 e. The van der Waals surface area contributed by atoms with Gasteiger partial charge in [-0.1, -0.05) is 33.8 Å². The maximum Gasteiger partial charge on any atom is 0.223 e. The highest BCUT2D eigenvalue weighted by atomic mass is 16.2. The normalized spacial score (nSPS) is 23.2. The van der Waals surface area contributed by atoms with Crippen molar-refractivity contribution < 1.29 is 9.59 Å². The lowest BCUT2D eigenvalue weighted by Crippen LogP contribution is -2.43. The first-order valence-electron chi connectivity index (χ1n) is 8.84. The van der Waals surface area contributed by atoms with E-state index in [-0.39, 0.29) is 11.8 Å². The van der Waals surface area contributed by atoms with Crippen LogP contribution in [0.25, 0.3) is 0 Å². The van der Waals surface area contributed by atoms with Crippen LogP contribution in [0.15, 0.2) is 28.9 Å². The molecule has 132 valence electrons. The highest BCUT2D eigenvalue weighted by Gasteiger charge is 2.37. The number of hydrogen-bond donors (Lipinski definition) is 1. The number of rotatable bonds is 8. The Morgan fingerprint density at radius 1 is 1.17 bits per heavy atom. The molecule has 0 bridgehead atoms. The second-order valence-electron chi connectivity index (χ2n) is 7.46. The van der Waals surface area contributed by atoms with Crippen molar-refractivity contribution >= 4 is 17.8 Å². The van der Waals surface area contributed by atoms with Crippen molar-refractivity contribution in [1.29, 1.82) is 0 Å². The van der Waals surface area contributed by atoms with Crippen LogP contribution in [0.3, 0.4) is 0 Å². The zero-order chi connectivity index (χ0) is 17.7. The van der Waals surface area contributed by atoms with Crippen molar-refractivity contribution in [3.05, 3.63) is 23.9 Å². The van der Waals surface area contributed by atoms with Gasteiger partial charge in [-0.25, -0.2) is 0 Å². The molecule has 1 heterocycles. The third kappa shape index (κ3) is 4.87. The Balaban J connectivity index is 1.95. The summed E-state index contributed by atoms with van der Waals surface area (Å²) in [7, 11) is 0. The molecule has 5 heteroatoms. The van der Waals surface area contributed by atoms with Gasteiger partial charge in [-0.05, 0) is 17.9 Å². The monoisotopic (exact) mass is 331 g/mol. The molecule has 2 atom stereocenters. The first kappa shape index (κ1) is 18.6. The van der Waals surface area contributed by atoms with Gasteiger partial charge in [0.2, 0.25) is 11.6 Å². The maximum absolute atomic E-state index is 12.0. The molecular formula is C19H29N3O2. The van der Waals surface area contributed by atoms with Gasteiger partial charge in [0.15, 0.2) is 0 Å². The number of nitrogens with zero attached hydrogens (tertiary/aromatic N) is 2. The third-order valence-electron chi connectivity index (χ3n) is 4.15. The number of Topliss-reactive ketones (excluding diaryl/α,β-unsaturated/α-hetero) is 1. The summed E-state index contributed by atoms with van der Waals surface area (Å²) in [6.45, 7) is 12.7. The molecule has 0 spiro atoms. The van der Waals surface area contributed by atoms with E-state index in [1.165, 1.54) is 6.08 Å². The number of carbonyl (C=O) groups is 2. The molecule has 5 nitrogen and oxygen atoms in total. The summed E-state index contributed by atoms with van der Waals surface area (Å²) < 4.78 is 0. The van der Waals surface area contributed by atoms with Gasteiger partial charge in [0, 0.05) is 44.2 Å². The van der Waals surface area contributed by atoms with Gasteiger partial charge < -0.3 is 10.2 Å². The number of hydrogen-bond acceptors (Lipinski definition) is 5. The van der Waals surface area contributed by atoms with Crippen LogP contribution in [-0.4, -0.2) is 54.9 Å². The summed E-state index contributed by atoms with van der Waals surface area (Å²) in [5.74, 6) is 0.00246. The molecular weight excluding hydrogens is 302 g/mol. The van der Waals surface area contributed by atoms with Crippen molar-refractivity contribution in [2.45, 2.75) is 33.7 Å². The second kappa shape index (κ2) is 8.38. The Morgan fingerprint density at radius 3 is 2.46 bits per heavy atom. The van der Waals surface area contributed by atoms with E-state index in [9.17, 15) is 9.59 Å². The number of dihydropyridines is 1. The Hall–Kier alpha value is -1.75. The van der Waals surface area contributed by atoms with E-state index in [4.69, 9.17) is 0 Å². The van der Waals surface area contributed by atoms with E-state index < -0.39 is 11.7 Å². The van der Waals surface area contributed by atoms with Crippen LogP contribution in [-0.2, 0) is 9.59 Å². The third-order valence-corrected chi connectivity index (χ3v) is 4.15. The van der Waals surface area contributed by atoms with Gasteiger partial charge in [-0.3, -0.25) is 14.6 Å². The van der Waals surface area contributed by atoms with Gasteiger partial charge in [0.1, 0.15) is 6.04 Å². The quantitative estimate of drug-likeness (QED) is 0.690. The first-order chi connectivity index (χ1) is 11.4. The smallest absolute Gasteiger partial charge is 0.223 e. The molecule has 1 aliphatic heterocycles. The SMILES string of the molecule is CC(C)CN(CCNC1=CC(=O)C(=O)C2C=CC=NC12)CC(C)C. The highest BCUT2D eigenvalue weighted by Crippen LogP contribution is 2.24. The molecule has 24 heavy (non-hydrogen) atoms. The fourth-order valence-corrected chi connectivity index (χ4v) is 3.28. The maximum atomic E-state index is 12.0. The molecule has 2 aliphatic rings. The van der Waals surface area contributed by atoms with E-state index in [2.05, 4.69) is 42.9 Å². The van der Waals surface area contributed by atoms with E-state index in [1.54, 1.807) is 18.4 Å². The summed E-state index contributed by atoms with van der Waals surface area (Å²) in [4.78, 5) is 30.7. The van der Waals surface area contributed by atoms with Gasteiger partial charge in [-0.2, -0.15) is 0 Å². The van der Waals surface area contributed by atoms with E-state index in [0.717, 1.165) is 31.9 Å². The second-order valence-corrected chi connectivity index (χ2v) is 7.46. The van der Waals surface area contributed by atoms with Crippen LogP contribution in [0.5, 0.6) is 0 Å². The van der Waals surface area contributed by atoms with Crippen molar-refractivity contribution in [1.82, 2.24) is 10.2 Å². The predicted octanol–water partition coefficient (Wildman–Crippen LogP) is 1.85. The molecule has 2 rings (SSSR count). The van der Waals surface area contributed by atoms with Gasteiger partial charge in [0.25, 0.3) is 0 Å². The van der Waals surface area contributed by atoms with Crippen LogP contribution >= 0.6 is 0 Å². The fraction of sp³-hybridized carbons (Fsp3) is 0.632. The highest BCUT2D eigenvalue weighted by molar-refractivity contribution is 6.43. The standard InChI is InChI=1S/C19H29N3O2/c1-13(2)11-22(12-14(3)4)9-8-20-16-10-17(23)19(24)15-6-5-7-21-18(15)16/h5-7,10,13-15,18,20H,8-9,11-12H2,1-4H3. The van der Waals surface area contributed by atoms with Crippen molar-refractivity contribution in [2.24, 2.45) is 22.7 Å². The van der Waals surface area contributed by atoms with Crippen LogP contribution in [0.1, 0.15) is 27.7 Å². The molecule has 1 N–H and O–H groups in total. The number of allylic oxidation sites excluding steroid dienone is 2. The fourth-order valence-electron chi connectivity index (χ4n) is 3.28. The average molecular weight is 331 g/mol. The molecule has 2 unspecified atom stereocenters. The number of nitrogens with one attached hydrogen (secondary N) is 1. The largest absolute Gasteiger partial charge is 0.385 e. The zero-order valence-electron chi connectivity index (χ0n) is 15.2. The first-order valence-corrected chi connectivity index (χ1v) is 8.84. The van der Waals surface area contributed by atoms with Gasteiger partial charge in [-0.15, -0.1) is 0 Å². The lowest BCUT2D eigenvalue weighted by atomic mass is 9.84. The molecule has 0 amide bonds. The molecule has 0 saturated heterocycles. The number of fused-ring (bicyclic) bond motifs is 1. The van der Waals surface area contributed by atoms with Crippen LogP contribution in [0.2, 0.25) is 0 Å². The van der Waals surface area contributed by atoms with Crippen LogP contribution in [0, 0.1) is 17.8 Å². The van der Waals surface area contributed by atoms with Crippen LogP contribution < -0.4 is 5.32 Å². The molecule has 1 aliphatic carbocycles. The Labute approximate surface area is 144 Å². The Morgan fingerprint density at radius 2 is 1.83 bits per heavy atom. The number of aliphatic imine (C=N–C) groups is 1. The van der Waals surface area contributed by atoms with Gasteiger partial charge >= 0.3 is 0 Å². The minimum absolute atomic E-state index is 0.274. The summed E-state index contributed by atoms with van der Waals surface area (Å²) in [5, 5.41) is 3.35. The summed E-state index contributed by atoms with van der Waals surface area (Å²) in [6, 6.07) is -0.274. The lowest BCUT2D eigenvalue weighted by molar-refractivity contribution is -0.136. The molecule has 0 fully saturated rings. The minimum atomic E-state index is -0.447. The van der Waals surface area contributed by atoms with Gasteiger partial charge in [0.05, 0.1) is 5.92 Å². The topological polar surface area (TPSA) is 61.8 Å². The summed E-state index contributed by atoms with van der Waals surface area (Å²) in [6.07, 6.45) is 6.64. The van der Waals surface area contributed by atoms with Crippen molar-refractivity contribution in [3.63, 3.8) is 0 Å². The van der Waals surface area contributed by atoms with Crippen molar-refractivity contribution in [2.75, 3.05) is 26.2 Å². The molecule has 0 aromatic heterocycles. The average Bonchev–Trinajstić information content (AvgIpc) is 2.51. The lowest BCUT2D eigenvalue weighted by Gasteiger charge is -2.30. The van der Waals surface area contributed by atoms with E-state index in [1.807, 2.05) is 0 Å². The summed E-state index contributed by atoms with van der Waals surface area (Å²) >= 11 is 0.